The molecule has 0 unspecified atom stereocenters. The molecule has 0 fully saturated rings. The van der Waals surface area contributed by atoms with Crippen LogP contribution < -0.4 is 24.3 Å². The molecule has 0 heterocycles. The number of methoxy groups -OCH3 is 2. The molecule has 29 heavy (non-hydrogen) atoms. The van der Waals surface area contributed by atoms with Gasteiger partial charge in [-0.3, -0.25) is 4.79 Å². The summed E-state index contributed by atoms with van der Waals surface area (Å²) in [6.45, 7) is 0.680. The van der Waals surface area contributed by atoms with Crippen LogP contribution in [0.2, 0.25) is 0 Å². The summed E-state index contributed by atoms with van der Waals surface area (Å²) in [7, 11) is 3.11. The van der Waals surface area contributed by atoms with E-state index in [1.165, 1.54) is 0 Å². The van der Waals surface area contributed by atoms with Crippen LogP contribution in [0.1, 0.15) is 10.4 Å². The molecule has 3 aromatic carbocycles. The van der Waals surface area contributed by atoms with Crippen LogP contribution >= 0.6 is 0 Å². The Bertz CT molecular complexity index is 921. The number of nitrogens with one attached hydrogen (secondary N) is 1. The number of ether oxygens (including phenoxy) is 4. The van der Waals surface area contributed by atoms with Gasteiger partial charge in [-0.15, -0.1) is 0 Å². The van der Waals surface area contributed by atoms with E-state index in [0.29, 0.717) is 41.7 Å². The van der Waals surface area contributed by atoms with Crippen molar-refractivity contribution in [3.8, 4) is 23.0 Å². The zero-order valence-corrected chi connectivity index (χ0v) is 16.4. The zero-order chi connectivity index (χ0) is 20.5. The van der Waals surface area contributed by atoms with E-state index in [-0.39, 0.29) is 5.91 Å². The lowest BCUT2D eigenvalue weighted by Gasteiger charge is -2.13. The van der Waals surface area contributed by atoms with Crippen molar-refractivity contribution in [2.45, 2.75) is 0 Å². The van der Waals surface area contributed by atoms with Gasteiger partial charge in [0.05, 0.1) is 19.8 Å². The van der Waals surface area contributed by atoms with E-state index < -0.39 is 0 Å². The maximum absolute atomic E-state index is 12.8. The molecule has 6 nitrogen and oxygen atoms in total. The van der Waals surface area contributed by atoms with Crippen LogP contribution in [-0.2, 0) is 0 Å². The van der Waals surface area contributed by atoms with Crippen LogP contribution in [-0.4, -0.2) is 33.3 Å². The van der Waals surface area contributed by atoms with E-state index in [2.05, 4.69) is 5.32 Å². The summed E-state index contributed by atoms with van der Waals surface area (Å²) in [6.07, 6.45) is 0. The van der Waals surface area contributed by atoms with Crippen LogP contribution in [0.25, 0.3) is 0 Å². The number of amides is 1. The van der Waals surface area contributed by atoms with Crippen LogP contribution in [0, 0.1) is 0 Å². The summed E-state index contributed by atoms with van der Waals surface area (Å²) in [5.41, 5.74) is 0.988. The van der Waals surface area contributed by atoms with Crippen molar-refractivity contribution in [2.75, 3.05) is 32.8 Å². The molecule has 0 aromatic heterocycles. The minimum absolute atomic E-state index is 0.292. The second-order valence-electron chi connectivity index (χ2n) is 6.06. The molecule has 0 aliphatic heterocycles. The van der Waals surface area contributed by atoms with E-state index in [9.17, 15) is 4.79 Å². The van der Waals surface area contributed by atoms with Gasteiger partial charge in [-0.1, -0.05) is 30.3 Å². The number of carbonyl (C=O) groups excluding carboxylic acids is 1. The molecule has 0 radical (unpaired) electrons. The summed E-state index contributed by atoms with van der Waals surface area (Å²) >= 11 is 0. The third-order valence-electron chi connectivity index (χ3n) is 4.09. The van der Waals surface area contributed by atoms with Crippen molar-refractivity contribution < 1.29 is 23.7 Å². The standard InChI is InChI=1S/C23H23NO5/c1-26-19-14-17(15-20(16-19)27-2)24-23(25)21-10-6-7-11-22(21)29-13-12-28-18-8-4-3-5-9-18/h3-11,14-16H,12-13H2,1-2H3,(H,24,25). The lowest BCUT2D eigenvalue weighted by atomic mass is 10.1. The lowest BCUT2D eigenvalue weighted by Crippen LogP contribution is -2.15. The predicted molar refractivity (Wildman–Crippen MR) is 111 cm³/mol. The Balaban J connectivity index is 1.64. The van der Waals surface area contributed by atoms with Crippen molar-refractivity contribution in [1.29, 1.82) is 0 Å². The van der Waals surface area contributed by atoms with Crippen LogP contribution in [0.15, 0.2) is 72.8 Å². The largest absolute Gasteiger partial charge is 0.497 e. The van der Waals surface area contributed by atoms with Gasteiger partial charge in [0.25, 0.3) is 5.91 Å². The summed E-state index contributed by atoms with van der Waals surface area (Å²) in [6, 6.07) is 21.7. The molecule has 0 saturated heterocycles. The Kier molecular flexibility index (Phi) is 6.95. The van der Waals surface area contributed by atoms with Gasteiger partial charge in [-0.05, 0) is 24.3 Å². The normalized spacial score (nSPS) is 10.1. The highest BCUT2D eigenvalue weighted by Crippen LogP contribution is 2.27. The SMILES string of the molecule is COc1cc(NC(=O)c2ccccc2OCCOc2ccccc2)cc(OC)c1. The fourth-order valence-electron chi connectivity index (χ4n) is 2.69. The molecule has 1 N–H and O–H groups in total. The number of benzene rings is 3. The van der Waals surface area contributed by atoms with Gasteiger partial charge < -0.3 is 24.3 Å². The molecule has 150 valence electrons. The number of carbonyl (C=O) groups is 1. The van der Waals surface area contributed by atoms with Crippen molar-refractivity contribution in [2.24, 2.45) is 0 Å². The first-order valence-electron chi connectivity index (χ1n) is 9.13. The molecule has 0 bridgehead atoms. The molecule has 0 aliphatic rings. The van der Waals surface area contributed by atoms with Gasteiger partial charge >= 0.3 is 0 Å². The highest BCUT2D eigenvalue weighted by molar-refractivity contribution is 6.06. The second-order valence-corrected chi connectivity index (χ2v) is 6.06. The Labute approximate surface area is 170 Å². The monoisotopic (exact) mass is 393 g/mol. The Morgan fingerprint density at radius 2 is 1.38 bits per heavy atom. The maximum atomic E-state index is 12.8. The first kappa shape index (κ1) is 20.1. The molecular formula is C23H23NO5. The summed E-state index contributed by atoms with van der Waals surface area (Å²) in [5.74, 6) is 2.13. The fourth-order valence-corrected chi connectivity index (χ4v) is 2.69. The highest BCUT2D eigenvalue weighted by Gasteiger charge is 2.13. The third kappa shape index (κ3) is 5.65. The van der Waals surface area contributed by atoms with E-state index in [0.717, 1.165) is 5.75 Å². The summed E-state index contributed by atoms with van der Waals surface area (Å²) < 4.78 is 21.9. The molecule has 0 spiro atoms. The fraction of sp³-hybridized carbons (Fsp3) is 0.174. The molecule has 0 aliphatic carbocycles. The topological polar surface area (TPSA) is 66.0 Å². The molecule has 0 saturated carbocycles. The number of rotatable bonds is 9. The Morgan fingerprint density at radius 3 is 2.07 bits per heavy atom. The first-order valence-corrected chi connectivity index (χ1v) is 9.13. The molecule has 0 atom stereocenters. The van der Waals surface area contributed by atoms with E-state index in [1.54, 1.807) is 50.6 Å². The van der Waals surface area contributed by atoms with Crippen molar-refractivity contribution in [3.63, 3.8) is 0 Å². The van der Waals surface area contributed by atoms with Gasteiger partial charge in [0.15, 0.2) is 0 Å². The molecule has 3 rings (SSSR count). The Morgan fingerprint density at radius 1 is 0.759 bits per heavy atom. The average Bonchev–Trinajstić information content (AvgIpc) is 2.77. The van der Waals surface area contributed by atoms with Gasteiger partial charge in [0, 0.05) is 23.9 Å². The van der Waals surface area contributed by atoms with Crippen molar-refractivity contribution >= 4 is 11.6 Å². The van der Waals surface area contributed by atoms with Crippen LogP contribution in [0.4, 0.5) is 5.69 Å². The summed E-state index contributed by atoms with van der Waals surface area (Å²) in [5, 5.41) is 2.85. The van der Waals surface area contributed by atoms with E-state index in [4.69, 9.17) is 18.9 Å². The van der Waals surface area contributed by atoms with E-state index >= 15 is 0 Å². The van der Waals surface area contributed by atoms with Gasteiger partial charge in [0.1, 0.15) is 36.2 Å². The van der Waals surface area contributed by atoms with Gasteiger partial charge in [-0.25, -0.2) is 0 Å². The average molecular weight is 393 g/mol. The van der Waals surface area contributed by atoms with Gasteiger partial charge in [0.2, 0.25) is 0 Å². The number of hydrogen-bond donors (Lipinski definition) is 1. The number of para-hydroxylation sites is 2. The first-order chi connectivity index (χ1) is 14.2. The zero-order valence-electron chi connectivity index (χ0n) is 16.4. The van der Waals surface area contributed by atoms with Crippen LogP contribution in [0.5, 0.6) is 23.0 Å². The molecule has 3 aromatic rings. The van der Waals surface area contributed by atoms with Gasteiger partial charge in [-0.2, -0.15) is 0 Å². The molecular weight excluding hydrogens is 370 g/mol. The smallest absolute Gasteiger partial charge is 0.259 e. The number of hydrogen-bond acceptors (Lipinski definition) is 5. The highest BCUT2D eigenvalue weighted by atomic mass is 16.5. The molecule has 1 amide bonds. The van der Waals surface area contributed by atoms with Crippen molar-refractivity contribution in [1.82, 2.24) is 0 Å². The van der Waals surface area contributed by atoms with Crippen molar-refractivity contribution in [3.05, 3.63) is 78.4 Å². The predicted octanol–water partition coefficient (Wildman–Crippen LogP) is 4.41. The maximum Gasteiger partial charge on any atom is 0.259 e. The Hall–Kier alpha value is -3.67. The quantitative estimate of drug-likeness (QED) is 0.546. The lowest BCUT2D eigenvalue weighted by molar-refractivity contribution is 0.102. The minimum Gasteiger partial charge on any atom is -0.497 e. The van der Waals surface area contributed by atoms with Crippen LogP contribution in [0.3, 0.4) is 0 Å². The second kappa shape index (κ2) is 10.0. The summed E-state index contributed by atoms with van der Waals surface area (Å²) in [4.78, 5) is 12.8. The van der Waals surface area contributed by atoms with E-state index in [1.807, 2.05) is 36.4 Å². The minimum atomic E-state index is -0.292. The molecule has 6 heteroatoms. The number of anilines is 1. The third-order valence-corrected chi connectivity index (χ3v) is 4.09.